The molecule has 88 valence electrons. The van der Waals surface area contributed by atoms with Crippen molar-refractivity contribution in [1.82, 2.24) is 0 Å². The van der Waals surface area contributed by atoms with Gasteiger partial charge in [-0.3, -0.25) is 0 Å². The zero-order valence-corrected chi connectivity index (χ0v) is 9.70. The van der Waals surface area contributed by atoms with Gasteiger partial charge in [0.05, 0.1) is 5.56 Å². The van der Waals surface area contributed by atoms with Crippen LogP contribution in [0, 0.1) is 5.82 Å². The van der Waals surface area contributed by atoms with Gasteiger partial charge in [-0.1, -0.05) is 20.3 Å². The predicted molar refractivity (Wildman–Crippen MR) is 60.8 cm³/mol. The van der Waals surface area contributed by atoms with Crippen molar-refractivity contribution in [3.8, 4) is 0 Å². The average Bonchev–Trinajstić information content (AvgIpc) is 2.29. The molecule has 16 heavy (non-hydrogen) atoms. The summed E-state index contributed by atoms with van der Waals surface area (Å²) in [5.41, 5.74) is 0.399. The van der Waals surface area contributed by atoms with Gasteiger partial charge in [-0.2, -0.15) is 0 Å². The quantitative estimate of drug-likeness (QED) is 0.715. The molecule has 1 unspecified atom stereocenters. The minimum atomic E-state index is -0.375. The lowest BCUT2D eigenvalue weighted by Gasteiger charge is -2.15. The first kappa shape index (κ1) is 12.7. The molecule has 0 spiro atoms. The van der Waals surface area contributed by atoms with Crippen molar-refractivity contribution in [1.29, 1.82) is 0 Å². The first-order valence-electron chi connectivity index (χ1n) is 5.64. The van der Waals surface area contributed by atoms with Crippen LogP contribution in [-0.4, -0.2) is 12.1 Å². The average molecular weight is 224 g/mol. The van der Waals surface area contributed by atoms with Gasteiger partial charge in [-0.05, 0) is 37.1 Å². The molecule has 2 nitrogen and oxygen atoms in total. The molecule has 0 amide bonds. The molecule has 0 bridgehead atoms. The summed E-state index contributed by atoms with van der Waals surface area (Å²) < 4.78 is 18.0. The molecule has 0 aromatic heterocycles. The molecular formula is C13H17FO2. The Labute approximate surface area is 95.4 Å². The Balaban J connectivity index is 2.60. The Bertz CT molecular complexity index is 332. The molecule has 0 aliphatic carbocycles. The highest BCUT2D eigenvalue weighted by molar-refractivity contribution is 5.89. The van der Waals surface area contributed by atoms with Crippen molar-refractivity contribution < 1.29 is 13.9 Å². The number of hydrogen-bond donors (Lipinski definition) is 0. The molecule has 1 rings (SSSR count). The number of esters is 1. The predicted octanol–water partition coefficient (Wildman–Crippen LogP) is 3.56. The molecule has 0 aliphatic heterocycles. The highest BCUT2D eigenvalue weighted by atomic mass is 19.1. The molecule has 0 radical (unpaired) electrons. The number of carbonyl (C=O) groups excluding carboxylic acids is 1. The van der Waals surface area contributed by atoms with E-state index in [1.807, 2.05) is 13.8 Å². The van der Waals surface area contributed by atoms with E-state index in [9.17, 15) is 9.18 Å². The summed E-state index contributed by atoms with van der Waals surface area (Å²) in [5, 5.41) is 0. The number of benzene rings is 1. The lowest BCUT2D eigenvalue weighted by molar-refractivity contribution is 0.0271. The topological polar surface area (TPSA) is 26.3 Å². The van der Waals surface area contributed by atoms with Gasteiger partial charge in [-0.25, -0.2) is 9.18 Å². The van der Waals surface area contributed by atoms with Gasteiger partial charge in [0, 0.05) is 0 Å². The fourth-order valence-electron chi connectivity index (χ4n) is 1.47. The SMILES string of the molecule is CCCC(CC)OC(=O)c1ccc(F)cc1. The Morgan fingerprint density at radius 1 is 1.31 bits per heavy atom. The van der Waals surface area contributed by atoms with Crippen LogP contribution in [0.25, 0.3) is 0 Å². The fraction of sp³-hybridized carbons (Fsp3) is 0.462. The number of rotatable bonds is 5. The maximum atomic E-state index is 12.6. The van der Waals surface area contributed by atoms with Crippen LogP contribution in [0.15, 0.2) is 24.3 Å². The van der Waals surface area contributed by atoms with Crippen molar-refractivity contribution in [2.45, 2.75) is 39.2 Å². The van der Waals surface area contributed by atoms with Gasteiger partial charge in [0.1, 0.15) is 11.9 Å². The zero-order valence-electron chi connectivity index (χ0n) is 9.70. The van der Waals surface area contributed by atoms with E-state index in [1.165, 1.54) is 24.3 Å². The Kier molecular flexibility index (Phi) is 4.96. The van der Waals surface area contributed by atoms with Crippen LogP contribution in [-0.2, 0) is 4.74 Å². The lowest BCUT2D eigenvalue weighted by Crippen LogP contribution is -2.17. The van der Waals surface area contributed by atoms with Crippen LogP contribution in [0.5, 0.6) is 0 Å². The highest BCUT2D eigenvalue weighted by Gasteiger charge is 2.13. The van der Waals surface area contributed by atoms with Gasteiger partial charge in [0.25, 0.3) is 0 Å². The molecule has 1 aromatic carbocycles. The molecule has 0 fully saturated rings. The first-order chi connectivity index (χ1) is 7.67. The van der Waals surface area contributed by atoms with Crippen molar-refractivity contribution in [2.24, 2.45) is 0 Å². The summed E-state index contributed by atoms with van der Waals surface area (Å²) in [6, 6.07) is 5.40. The van der Waals surface area contributed by atoms with E-state index in [0.717, 1.165) is 19.3 Å². The van der Waals surface area contributed by atoms with E-state index in [0.29, 0.717) is 5.56 Å². The van der Waals surface area contributed by atoms with Crippen LogP contribution < -0.4 is 0 Å². The minimum absolute atomic E-state index is 0.0393. The molecule has 1 aromatic rings. The molecular weight excluding hydrogens is 207 g/mol. The number of hydrogen-bond acceptors (Lipinski definition) is 2. The minimum Gasteiger partial charge on any atom is -0.459 e. The van der Waals surface area contributed by atoms with Gasteiger partial charge >= 0.3 is 5.97 Å². The smallest absolute Gasteiger partial charge is 0.338 e. The molecule has 3 heteroatoms. The standard InChI is InChI=1S/C13H17FO2/c1-3-5-12(4-2)16-13(15)10-6-8-11(14)9-7-10/h6-9,12H,3-5H2,1-2H3. The summed E-state index contributed by atoms with van der Waals surface area (Å²) in [4.78, 5) is 11.7. The van der Waals surface area contributed by atoms with E-state index < -0.39 is 0 Å². The number of carbonyl (C=O) groups is 1. The van der Waals surface area contributed by atoms with E-state index in [-0.39, 0.29) is 17.9 Å². The lowest BCUT2D eigenvalue weighted by atomic mass is 10.1. The van der Waals surface area contributed by atoms with Gasteiger partial charge in [-0.15, -0.1) is 0 Å². The third-order valence-corrected chi connectivity index (χ3v) is 2.42. The summed E-state index contributed by atoms with van der Waals surface area (Å²) in [5.74, 6) is -0.725. The Morgan fingerprint density at radius 3 is 2.44 bits per heavy atom. The molecule has 0 saturated carbocycles. The summed E-state index contributed by atoms with van der Waals surface area (Å²) in [7, 11) is 0. The largest absolute Gasteiger partial charge is 0.459 e. The maximum absolute atomic E-state index is 12.6. The molecule has 0 saturated heterocycles. The highest BCUT2D eigenvalue weighted by Crippen LogP contribution is 2.11. The second-order valence-corrected chi connectivity index (χ2v) is 3.73. The second-order valence-electron chi connectivity index (χ2n) is 3.73. The summed E-state index contributed by atoms with van der Waals surface area (Å²) >= 11 is 0. The van der Waals surface area contributed by atoms with Crippen LogP contribution in [0.4, 0.5) is 4.39 Å². The Hall–Kier alpha value is -1.38. The monoisotopic (exact) mass is 224 g/mol. The van der Waals surface area contributed by atoms with Crippen LogP contribution >= 0.6 is 0 Å². The molecule has 0 aliphatic rings. The van der Waals surface area contributed by atoms with Crippen molar-refractivity contribution in [2.75, 3.05) is 0 Å². The van der Waals surface area contributed by atoms with E-state index >= 15 is 0 Å². The number of ether oxygens (including phenoxy) is 1. The van der Waals surface area contributed by atoms with Crippen LogP contribution in [0.1, 0.15) is 43.5 Å². The van der Waals surface area contributed by atoms with Gasteiger partial charge in [0.15, 0.2) is 0 Å². The molecule has 0 N–H and O–H groups in total. The van der Waals surface area contributed by atoms with Crippen molar-refractivity contribution >= 4 is 5.97 Å². The first-order valence-corrected chi connectivity index (χ1v) is 5.64. The number of halogens is 1. The normalized spacial score (nSPS) is 12.2. The summed E-state index contributed by atoms with van der Waals surface area (Å²) in [6.45, 7) is 4.03. The van der Waals surface area contributed by atoms with Crippen molar-refractivity contribution in [3.05, 3.63) is 35.6 Å². The van der Waals surface area contributed by atoms with Crippen molar-refractivity contribution in [3.63, 3.8) is 0 Å². The van der Waals surface area contributed by atoms with Crippen LogP contribution in [0.2, 0.25) is 0 Å². The Morgan fingerprint density at radius 2 is 1.94 bits per heavy atom. The zero-order chi connectivity index (χ0) is 12.0. The van der Waals surface area contributed by atoms with Crippen LogP contribution in [0.3, 0.4) is 0 Å². The molecule has 1 atom stereocenters. The third-order valence-electron chi connectivity index (χ3n) is 2.42. The molecule has 0 heterocycles. The maximum Gasteiger partial charge on any atom is 0.338 e. The van der Waals surface area contributed by atoms with Gasteiger partial charge in [0.2, 0.25) is 0 Å². The second kappa shape index (κ2) is 6.26. The van der Waals surface area contributed by atoms with Gasteiger partial charge < -0.3 is 4.74 Å². The van der Waals surface area contributed by atoms with E-state index in [2.05, 4.69) is 0 Å². The van der Waals surface area contributed by atoms with E-state index in [4.69, 9.17) is 4.74 Å². The van der Waals surface area contributed by atoms with E-state index in [1.54, 1.807) is 0 Å². The third kappa shape index (κ3) is 3.65. The summed E-state index contributed by atoms with van der Waals surface area (Å²) in [6.07, 6.45) is 2.61. The fourth-order valence-corrected chi connectivity index (χ4v) is 1.47.